The fourth-order valence-electron chi connectivity index (χ4n) is 2.90. The van der Waals surface area contributed by atoms with Gasteiger partial charge in [0, 0.05) is 26.2 Å². The van der Waals surface area contributed by atoms with Crippen LogP contribution in [0, 0.1) is 5.82 Å². The minimum Gasteiger partial charge on any atom is -0.461 e. The average molecular weight is 392 g/mol. The molecule has 0 unspecified atom stereocenters. The number of halogens is 1. The highest BCUT2D eigenvalue weighted by Gasteiger charge is 2.29. The third-order valence-corrected chi connectivity index (χ3v) is 6.26. The lowest BCUT2D eigenvalue weighted by Gasteiger charge is -2.33. The second-order valence-corrected chi connectivity index (χ2v) is 8.06. The van der Waals surface area contributed by atoms with Gasteiger partial charge < -0.3 is 8.94 Å². The molecule has 0 spiro atoms. The highest BCUT2D eigenvalue weighted by molar-refractivity contribution is 7.89. The highest BCUT2D eigenvalue weighted by Crippen LogP contribution is 2.20. The van der Waals surface area contributed by atoms with Crippen molar-refractivity contribution in [1.82, 2.24) is 19.3 Å². The van der Waals surface area contributed by atoms with E-state index in [9.17, 15) is 12.8 Å². The minimum absolute atomic E-state index is 0.0948. The summed E-state index contributed by atoms with van der Waals surface area (Å²) in [5.41, 5.74) is 0. The number of rotatable bonds is 5. The van der Waals surface area contributed by atoms with Gasteiger partial charge in [-0.1, -0.05) is 5.16 Å². The van der Waals surface area contributed by atoms with Gasteiger partial charge in [-0.2, -0.15) is 9.29 Å². The van der Waals surface area contributed by atoms with Gasteiger partial charge in [-0.25, -0.2) is 12.8 Å². The number of furan rings is 1. The van der Waals surface area contributed by atoms with Gasteiger partial charge >= 0.3 is 0 Å². The van der Waals surface area contributed by atoms with Crippen molar-refractivity contribution >= 4 is 10.0 Å². The Hall–Kier alpha value is -2.56. The Labute approximate surface area is 155 Å². The lowest BCUT2D eigenvalue weighted by atomic mass is 10.3. The van der Waals surface area contributed by atoms with Crippen LogP contribution in [0.1, 0.15) is 5.89 Å². The van der Waals surface area contributed by atoms with E-state index in [1.54, 1.807) is 12.1 Å². The SMILES string of the molecule is O=S(=O)(c1ccc(F)cc1)N1CCN(Cc2nc(-c3ccco3)no2)CC1. The maximum Gasteiger partial charge on any atom is 0.243 e. The molecule has 1 aliphatic heterocycles. The molecule has 8 nitrogen and oxygen atoms in total. The van der Waals surface area contributed by atoms with Crippen LogP contribution >= 0.6 is 0 Å². The van der Waals surface area contributed by atoms with Crippen LogP contribution in [-0.4, -0.2) is 53.9 Å². The van der Waals surface area contributed by atoms with Crippen LogP contribution < -0.4 is 0 Å². The predicted octanol–water partition coefficient (Wildman–Crippen LogP) is 1.98. The van der Waals surface area contributed by atoms with E-state index >= 15 is 0 Å². The lowest BCUT2D eigenvalue weighted by molar-refractivity contribution is 0.163. The van der Waals surface area contributed by atoms with Crippen LogP contribution in [0.15, 0.2) is 56.5 Å². The number of nitrogens with zero attached hydrogens (tertiary/aromatic N) is 4. The smallest absolute Gasteiger partial charge is 0.243 e. The average Bonchev–Trinajstić information content (AvgIpc) is 3.34. The number of piperazine rings is 1. The third kappa shape index (κ3) is 3.77. The van der Waals surface area contributed by atoms with Crippen molar-refractivity contribution in [3.8, 4) is 11.6 Å². The molecule has 27 heavy (non-hydrogen) atoms. The summed E-state index contributed by atoms with van der Waals surface area (Å²) in [6.45, 7) is 2.15. The second-order valence-electron chi connectivity index (χ2n) is 6.12. The zero-order chi connectivity index (χ0) is 18.9. The second kappa shape index (κ2) is 7.22. The summed E-state index contributed by atoms with van der Waals surface area (Å²) in [6, 6.07) is 8.35. The van der Waals surface area contributed by atoms with Gasteiger partial charge in [-0.05, 0) is 36.4 Å². The summed E-state index contributed by atoms with van der Waals surface area (Å²) in [4.78, 5) is 6.42. The van der Waals surface area contributed by atoms with E-state index in [0.29, 0.717) is 50.2 Å². The van der Waals surface area contributed by atoms with Crippen molar-refractivity contribution in [3.05, 3.63) is 54.4 Å². The van der Waals surface area contributed by atoms with Gasteiger partial charge in [0.25, 0.3) is 0 Å². The van der Waals surface area contributed by atoms with Gasteiger partial charge in [0.1, 0.15) is 5.82 Å². The van der Waals surface area contributed by atoms with E-state index in [2.05, 4.69) is 10.1 Å². The normalized spacial score (nSPS) is 16.6. The zero-order valence-electron chi connectivity index (χ0n) is 14.3. The van der Waals surface area contributed by atoms with Gasteiger partial charge in [0.05, 0.1) is 17.7 Å². The number of aromatic nitrogens is 2. The molecule has 0 radical (unpaired) electrons. The first-order chi connectivity index (χ1) is 13.0. The van der Waals surface area contributed by atoms with Gasteiger partial charge in [0.2, 0.25) is 21.7 Å². The molecule has 0 amide bonds. The minimum atomic E-state index is -3.62. The topological polar surface area (TPSA) is 92.7 Å². The first-order valence-corrected chi connectivity index (χ1v) is 9.81. The number of sulfonamides is 1. The molecular formula is C17H17FN4O4S. The van der Waals surface area contributed by atoms with E-state index in [1.807, 2.05) is 4.90 Å². The number of hydrogen-bond acceptors (Lipinski definition) is 7. The molecule has 142 valence electrons. The molecule has 2 aromatic heterocycles. The summed E-state index contributed by atoms with van der Waals surface area (Å²) in [6.07, 6.45) is 1.53. The first kappa shape index (κ1) is 17.8. The molecule has 0 saturated carbocycles. The molecule has 0 atom stereocenters. The number of benzene rings is 1. The molecule has 3 heterocycles. The lowest BCUT2D eigenvalue weighted by Crippen LogP contribution is -2.48. The van der Waals surface area contributed by atoms with E-state index in [0.717, 1.165) is 12.1 Å². The zero-order valence-corrected chi connectivity index (χ0v) is 15.1. The third-order valence-electron chi connectivity index (χ3n) is 4.35. The summed E-state index contributed by atoms with van der Waals surface area (Å²) in [5.74, 6) is 0.885. The van der Waals surface area contributed by atoms with Gasteiger partial charge in [-0.15, -0.1) is 0 Å². The molecule has 0 bridgehead atoms. The molecule has 0 N–H and O–H groups in total. The van der Waals surface area contributed by atoms with Crippen molar-refractivity contribution in [2.75, 3.05) is 26.2 Å². The highest BCUT2D eigenvalue weighted by atomic mass is 32.2. The molecule has 0 aliphatic carbocycles. The number of hydrogen-bond donors (Lipinski definition) is 0. The van der Waals surface area contributed by atoms with Crippen LogP contribution in [0.2, 0.25) is 0 Å². The molecule has 1 fully saturated rings. The standard InChI is InChI=1S/C17H17FN4O4S/c18-13-3-5-14(6-4-13)27(23,24)22-9-7-21(8-10-22)12-16-19-17(20-26-16)15-2-1-11-25-15/h1-6,11H,7-10,12H2. The van der Waals surface area contributed by atoms with Crippen LogP contribution in [-0.2, 0) is 16.6 Å². The van der Waals surface area contributed by atoms with Crippen molar-refractivity contribution in [2.45, 2.75) is 11.4 Å². The van der Waals surface area contributed by atoms with Gasteiger partial charge in [-0.3, -0.25) is 4.90 Å². The van der Waals surface area contributed by atoms with Crippen LogP contribution in [0.25, 0.3) is 11.6 Å². The Balaban J connectivity index is 1.37. The Bertz CT molecular complexity index is 994. The first-order valence-electron chi connectivity index (χ1n) is 8.37. The fraction of sp³-hybridized carbons (Fsp3) is 0.294. The fourth-order valence-corrected chi connectivity index (χ4v) is 4.32. The Morgan fingerprint density at radius 2 is 1.81 bits per heavy atom. The summed E-state index contributed by atoms with van der Waals surface area (Å²) < 4.78 is 50.2. The summed E-state index contributed by atoms with van der Waals surface area (Å²) >= 11 is 0. The van der Waals surface area contributed by atoms with Crippen molar-refractivity contribution in [2.24, 2.45) is 0 Å². The molecule has 10 heteroatoms. The summed E-state index contributed by atoms with van der Waals surface area (Å²) in [5, 5.41) is 3.88. The Morgan fingerprint density at radius 1 is 1.07 bits per heavy atom. The van der Waals surface area contributed by atoms with Crippen LogP contribution in [0.4, 0.5) is 4.39 Å². The predicted molar refractivity (Wildman–Crippen MR) is 92.4 cm³/mol. The Kier molecular flexibility index (Phi) is 4.77. The molecule has 1 aromatic carbocycles. The molecular weight excluding hydrogens is 375 g/mol. The monoisotopic (exact) mass is 392 g/mol. The van der Waals surface area contributed by atoms with E-state index in [-0.39, 0.29) is 4.90 Å². The van der Waals surface area contributed by atoms with E-state index in [4.69, 9.17) is 8.94 Å². The molecule has 1 aliphatic rings. The molecule has 4 rings (SSSR count). The summed E-state index contributed by atoms with van der Waals surface area (Å²) in [7, 11) is -3.62. The van der Waals surface area contributed by atoms with E-state index < -0.39 is 15.8 Å². The van der Waals surface area contributed by atoms with E-state index in [1.165, 1.54) is 22.7 Å². The Morgan fingerprint density at radius 3 is 2.48 bits per heavy atom. The largest absolute Gasteiger partial charge is 0.461 e. The molecule has 1 saturated heterocycles. The quantitative estimate of drug-likeness (QED) is 0.655. The maximum absolute atomic E-state index is 13.0. The van der Waals surface area contributed by atoms with Crippen LogP contribution in [0.3, 0.4) is 0 Å². The maximum atomic E-state index is 13.0. The van der Waals surface area contributed by atoms with Crippen molar-refractivity contribution < 1.29 is 21.7 Å². The molecule has 3 aromatic rings. The van der Waals surface area contributed by atoms with Crippen LogP contribution in [0.5, 0.6) is 0 Å². The van der Waals surface area contributed by atoms with Crippen molar-refractivity contribution in [1.29, 1.82) is 0 Å². The van der Waals surface area contributed by atoms with Crippen molar-refractivity contribution in [3.63, 3.8) is 0 Å². The van der Waals surface area contributed by atoms with Gasteiger partial charge in [0.15, 0.2) is 5.76 Å².